The van der Waals surface area contributed by atoms with Crippen LogP contribution >= 0.6 is 0 Å². The van der Waals surface area contributed by atoms with E-state index in [1.54, 1.807) is 13.1 Å². The molecule has 1 aliphatic rings. The van der Waals surface area contributed by atoms with Crippen molar-refractivity contribution in [2.45, 2.75) is 45.1 Å². The summed E-state index contributed by atoms with van der Waals surface area (Å²) in [5.74, 6) is 0.329. The number of rotatable bonds is 8. The molecule has 0 radical (unpaired) electrons. The van der Waals surface area contributed by atoms with Gasteiger partial charge in [0.05, 0.1) is 12.7 Å². The molecule has 0 aliphatic carbocycles. The molecular formula is C19H24N2O4. The molecule has 134 valence electrons. The molecule has 1 saturated heterocycles. The molecule has 25 heavy (non-hydrogen) atoms. The summed E-state index contributed by atoms with van der Waals surface area (Å²) in [6.45, 7) is 3.73. The van der Waals surface area contributed by atoms with Gasteiger partial charge in [0.25, 0.3) is 0 Å². The van der Waals surface area contributed by atoms with Crippen molar-refractivity contribution in [1.82, 2.24) is 9.55 Å². The minimum absolute atomic E-state index is 0.0972. The second-order valence-corrected chi connectivity index (χ2v) is 6.18. The van der Waals surface area contributed by atoms with E-state index in [0.717, 1.165) is 19.4 Å². The minimum Gasteiger partial charge on any atom is -0.456 e. The standard InChI is InChI=1S/C19H24N2O4/c1-15(24-13-17-8-5-11-23-17)19(22)25-14-18-20-9-10-21(18)12-16-6-3-2-4-7-16/h2-4,6-7,9-10,15,17H,5,8,11-14H2,1H3/t15-,17-/m0/s1. The Morgan fingerprint density at radius 1 is 1.40 bits per heavy atom. The van der Waals surface area contributed by atoms with Gasteiger partial charge in [0, 0.05) is 25.5 Å². The van der Waals surface area contributed by atoms with Crippen molar-refractivity contribution in [3.63, 3.8) is 0 Å². The Morgan fingerprint density at radius 3 is 3.00 bits per heavy atom. The maximum absolute atomic E-state index is 12.1. The van der Waals surface area contributed by atoms with Crippen LogP contribution < -0.4 is 0 Å². The molecular weight excluding hydrogens is 320 g/mol. The number of aromatic nitrogens is 2. The van der Waals surface area contributed by atoms with Gasteiger partial charge in [-0.1, -0.05) is 30.3 Å². The Bertz CT molecular complexity index is 665. The van der Waals surface area contributed by atoms with E-state index in [9.17, 15) is 4.79 Å². The lowest BCUT2D eigenvalue weighted by Gasteiger charge is -2.15. The third-order valence-electron chi connectivity index (χ3n) is 4.23. The Labute approximate surface area is 147 Å². The molecule has 2 aromatic rings. The Hall–Kier alpha value is -2.18. The average molecular weight is 344 g/mol. The van der Waals surface area contributed by atoms with Crippen LogP contribution in [0.15, 0.2) is 42.7 Å². The SMILES string of the molecule is C[C@H](OC[C@@H]1CCCO1)C(=O)OCc1nccn1Cc1ccccc1. The fourth-order valence-corrected chi connectivity index (χ4v) is 2.75. The summed E-state index contributed by atoms with van der Waals surface area (Å²) in [6, 6.07) is 10.1. The number of ether oxygens (including phenoxy) is 3. The van der Waals surface area contributed by atoms with Gasteiger partial charge in [0.2, 0.25) is 0 Å². The number of benzene rings is 1. The largest absolute Gasteiger partial charge is 0.456 e. The van der Waals surface area contributed by atoms with Crippen LogP contribution in [-0.4, -0.2) is 40.9 Å². The molecule has 1 aliphatic heterocycles. The lowest BCUT2D eigenvalue weighted by atomic mass is 10.2. The highest BCUT2D eigenvalue weighted by Crippen LogP contribution is 2.13. The smallest absolute Gasteiger partial charge is 0.335 e. The number of carbonyl (C=O) groups excluding carboxylic acids is 1. The predicted molar refractivity (Wildman–Crippen MR) is 92.0 cm³/mol. The molecule has 0 N–H and O–H groups in total. The lowest BCUT2D eigenvalue weighted by molar-refractivity contribution is -0.159. The van der Waals surface area contributed by atoms with E-state index < -0.39 is 6.10 Å². The highest BCUT2D eigenvalue weighted by molar-refractivity contribution is 5.74. The Morgan fingerprint density at radius 2 is 2.24 bits per heavy atom. The maximum Gasteiger partial charge on any atom is 0.335 e. The van der Waals surface area contributed by atoms with E-state index in [2.05, 4.69) is 17.1 Å². The summed E-state index contributed by atoms with van der Waals surface area (Å²) in [4.78, 5) is 16.4. The number of carbonyl (C=O) groups is 1. The van der Waals surface area contributed by atoms with Crippen molar-refractivity contribution in [3.8, 4) is 0 Å². The molecule has 0 unspecified atom stereocenters. The van der Waals surface area contributed by atoms with Crippen LogP contribution in [0.3, 0.4) is 0 Å². The first-order valence-corrected chi connectivity index (χ1v) is 8.66. The minimum atomic E-state index is -0.610. The highest BCUT2D eigenvalue weighted by atomic mass is 16.6. The molecule has 3 rings (SSSR count). The van der Waals surface area contributed by atoms with Crippen molar-refractivity contribution >= 4 is 5.97 Å². The first-order chi connectivity index (χ1) is 12.2. The van der Waals surface area contributed by atoms with Gasteiger partial charge >= 0.3 is 5.97 Å². The van der Waals surface area contributed by atoms with Gasteiger partial charge < -0.3 is 18.8 Å². The van der Waals surface area contributed by atoms with Crippen LogP contribution in [0.4, 0.5) is 0 Å². The van der Waals surface area contributed by atoms with Gasteiger partial charge in [0.15, 0.2) is 6.10 Å². The van der Waals surface area contributed by atoms with E-state index >= 15 is 0 Å². The molecule has 0 bridgehead atoms. The summed E-state index contributed by atoms with van der Waals surface area (Å²) in [5, 5.41) is 0. The van der Waals surface area contributed by atoms with E-state index in [1.807, 2.05) is 29.0 Å². The fraction of sp³-hybridized carbons (Fsp3) is 0.474. The summed E-state index contributed by atoms with van der Waals surface area (Å²) in [6.07, 6.45) is 5.12. The molecule has 6 nitrogen and oxygen atoms in total. The van der Waals surface area contributed by atoms with Crippen molar-refractivity contribution in [2.24, 2.45) is 0 Å². The van der Waals surface area contributed by atoms with Crippen LogP contribution in [0.2, 0.25) is 0 Å². The molecule has 1 aromatic heterocycles. The number of imidazole rings is 1. The molecule has 0 saturated carbocycles. The average Bonchev–Trinajstić information content (AvgIpc) is 3.30. The number of esters is 1. The predicted octanol–water partition coefficient (Wildman–Crippen LogP) is 2.56. The second-order valence-electron chi connectivity index (χ2n) is 6.18. The first-order valence-electron chi connectivity index (χ1n) is 8.66. The van der Waals surface area contributed by atoms with Crippen LogP contribution in [0, 0.1) is 0 Å². The summed E-state index contributed by atoms with van der Waals surface area (Å²) in [5.41, 5.74) is 1.17. The molecule has 0 spiro atoms. The van der Waals surface area contributed by atoms with Gasteiger partial charge in [-0.25, -0.2) is 9.78 Å². The van der Waals surface area contributed by atoms with Crippen LogP contribution in [0.1, 0.15) is 31.2 Å². The lowest BCUT2D eigenvalue weighted by Crippen LogP contribution is -2.27. The van der Waals surface area contributed by atoms with Crippen molar-refractivity contribution in [3.05, 3.63) is 54.1 Å². The first kappa shape index (κ1) is 17.6. The van der Waals surface area contributed by atoms with Crippen LogP contribution in [0.5, 0.6) is 0 Å². The maximum atomic E-state index is 12.1. The molecule has 6 heteroatoms. The van der Waals surface area contributed by atoms with Crippen molar-refractivity contribution < 1.29 is 19.0 Å². The highest BCUT2D eigenvalue weighted by Gasteiger charge is 2.21. The second kappa shape index (κ2) is 8.78. The monoisotopic (exact) mass is 344 g/mol. The molecule has 0 amide bonds. The zero-order chi connectivity index (χ0) is 17.5. The third-order valence-corrected chi connectivity index (χ3v) is 4.23. The van der Waals surface area contributed by atoms with E-state index in [-0.39, 0.29) is 18.7 Å². The number of hydrogen-bond acceptors (Lipinski definition) is 5. The van der Waals surface area contributed by atoms with E-state index in [0.29, 0.717) is 19.0 Å². The summed E-state index contributed by atoms with van der Waals surface area (Å²) in [7, 11) is 0. The molecule has 1 aromatic carbocycles. The zero-order valence-corrected chi connectivity index (χ0v) is 14.5. The normalized spacial score (nSPS) is 18.2. The zero-order valence-electron chi connectivity index (χ0n) is 14.5. The van der Waals surface area contributed by atoms with Gasteiger partial charge in [0.1, 0.15) is 12.4 Å². The summed E-state index contributed by atoms with van der Waals surface area (Å²) < 4.78 is 18.4. The van der Waals surface area contributed by atoms with Gasteiger partial charge in [-0.05, 0) is 25.3 Å². The number of nitrogens with zero attached hydrogens (tertiary/aromatic N) is 2. The van der Waals surface area contributed by atoms with Gasteiger partial charge in [-0.2, -0.15) is 0 Å². The molecule has 2 atom stereocenters. The van der Waals surface area contributed by atoms with Crippen molar-refractivity contribution in [2.75, 3.05) is 13.2 Å². The quantitative estimate of drug-likeness (QED) is 0.689. The van der Waals surface area contributed by atoms with Crippen molar-refractivity contribution in [1.29, 1.82) is 0 Å². The van der Waals surface area contributed by atoms with Gasteiger partial charge in [-0.3, -0.25) is 0 Å². The number of hydrogen-bond donors (Lipinski definition) is 0. The van der Waals surface area contributed by atoms with Gasteiger partial charge in [-0.15, -0.1) is 0 Å². The molecule has 2 heterocycles. The van der Waals surface area contributed by atoms with E-state index in [1.165, 1.54) is 5.56 Å². The fourth-order valence-electron chi connectivity index (χ4n) is 2.75. The summed E-state index contributed by atoms with van der Waals surface area (Å²) >= 11 is 0. The van der Waals surface area contributed by atoms with E-state index in [4.69, 9.17) is 14.2 Å². The topological polar surface area (TPSA) is 62.6 Å². The van der Waals surface area contributed by atoms with Crippen LogP contribution in [0.25, 0.3) is 0 Å². The third kappa shape index (κ3) is 5.14. The Balaban J connectivity index is 1.46. The van der Waals surface area contributed by atoms with Crippen LogP contribution in [-0.2, 0) is 32.2 Å². The Kier molecular flexibility index (Phi) is 6.19. The molecule has 1 fully saturated rings.